The first kappa shape index (κ1) is 23.1. The van der Waals surface area contributed by atoms with Gasteiger partial charge < -0.3 is 28.4 Å². The van der Waals surface area contributed by atoms with E-state index in [9.17, 15) is 14.9 Å². The van der Waals surface area contributed by atoms with Crippen LogP contribution >= 0.6 is 0 Å². The molecule has 0 bridgehead atoms. The first-order valence-corrected chi connectivity index (χ1v) is 10.1. The van der Waals surface area contributed by atoms with Gasteiger partial charge in [-0.05, 0) is 31.9 Å². The quantitative estimate of drug-likeness (QED) is 0.311. The molecule has 10 heteroatoms. The molecule has 0 radical (unpaired) electrons. The van der Waals surface area contributed by atoms with Crippen LogP contribution in [0.25, 0.3) is 0 Å². The lowest BCUT2D eigenvalue weighted by Gasteiger charge is -2.25. The summed E-state index contributed by atoms with van der Waals surface area (Å²) < 4.78 is 32.9. The van der Waals surface area contributed by atoms with Gasteiger partial charge in [-0.2, -0.15) is 0 Å². The van der Waals surface area contributed by atoms with Crippen molar-refractivity contribution in [2.45, 2.75) is 32.5 Å². The van der Waals surface area contributed by atoms with E-state index in [1.54, 1.807) is 31.2 Å². The van der Waals surface area contributed by atoms with E-state index < -0.39 is 22.9 Å². The van der Waals surface area contributed by atoms with E-state index in [-0.39, 0.29) is 35.2 Å². The van der Waals surface area contributed by atoms with Gasteiger partial charge in [-0.1, -0.05) is 6.07 Å². The minimum absolute atomic E-state index is 0.000618. The lowest BCUT2D eigenvalue weighted by Crippen LogP contribution is -2.26. The zero-order valence-corrected chi connectivity index (χ0v) is 18.1. The zero-order chi connectivity index (χ0) is 23.1. The Morgan fingerprint density at radius 1 is 1.19 bits per heavy atom. The molecule has 2 aromatic rings. The molecular formula is C22H25NO9. The summed E-state index contributed by atoms with van der Waals surface area (Å²) in [6, 6.07) is 7.88. The molecule has 0 amide bonds. The molecule has 1 heterocycles. The monoisotopic (exact) mass is 447 g/mol. The Morgan fingerprint density at radius 2 is 1.97 bits per heavy atom. The van der Waals surface area contributed by atoms with Gasteiger partial charge in [-0.25, -0.2) is 4.79 Å². The van der Waals surface area contributed by atoms with Crippen LogP contribution in [0.1, 0.15) is 36.5 Å². The van der Waals surface area contributed by atoms with Crippen LogP contribution in [0, 0.1) is 10.1 Å². The number of hydrogen-bond acceptors (Lipinski definition) is 9. The van der Waals surface area contributed by atoms with Gasteiger partial charge in [0.1, 0.15) is 17.1 Å². The minimum atomic E-state index is -0.812. The fraction of sp³-hybridized carbons (Fsp3) is 0.409. The molecule has 1 atom stereocenters. The number of benzene rings is 2. The standard InChI is InChI=1S/C22H25NO9/c1-4-29-17-13-16(22(24)28-3)20(32-18-10-5-6-11-30-18)19(23(25)26)21(17)31-15-9-7-8-14(12-15)27-2/h7-9,12-13,18H,4-6,10-11H2,1-3H3. The highest BCUT2D eigenvalue weighted by Gasteiger charge is 2.36. The average Bonchev–Trinajstić information content (AvgIpc) is 2.80. The summed E-state index contributed by atoms with van der Waals surface area (Å²) in [7, 11) is 2.67. The third kappa shape index (κ3) is 5.20. The smallest absolute Gasteiger partial charge is 0.357 e. The van der Waals surface area contributed by atoms with Crippen LogP contribution in [-0.4, -0.2) is 44.6 Å². The van der Waals surface area contributed by atoms with Crippen LogP contribution < -0.4 is 18.9 Å². The van der Waals surface area contributed by atoms with Crippen molar-refractivity contribution < 1.29 is 38.1 Å². The fourth-order valence-corrected chi connectivity index (χ4v) is 3.24. The van der Waals surface area contributed by atoms with E-state index >= 15 is 0 Å². The molecule has 172 valence electrons. The van der Waals surface area contributed by atoms with Crippen molar-refractivity contribution in [2.24, 2.45) is 0 Å². The first-order valence-electron chi connectivity index (χ1n) is 10.1. The second-order valence-corrected chi connectivity index (χ2v) is 6.81. The van der Waals surface area contributed by atoms with Crippen molar-refractivity contribution in [3.05, 3.63) is 46.0 Å². The van der Waals surface area contributed by atoms with Gasteiger partial charge in [0.15, 0.2) is 12.0 Å². The number of ether oxygens (including phenoxy) is 6. The van der Waals surface area contributed by atoms with Crippen molar-refractivity contribution in [1.82, 2.24) is 0 Å². The normalized spacial score (nSPS) is 15.5. The predicted molar refractivity (Wildman–Crippen MR) is 113 cm³/mol. The Balaban J connectivity index is 2.18. The van der Waals surface area contributed by atoms with E-state index in [0.717, 1.165) is 12.8 Å². The van der Waals surface area contributed by atoms with E-state index in [1.807, 2.05) is 0 Å². The number of methoxy groups -OCH3 is 2. The highest BCUT2D eigenvalue weighted by molar-refractivity contribution is 5.96. The van der Waals surface area contributed by atoms with Gasteiger partial charge in [0, 0.05) is 18.6 Å². The molecule has 2 aromatic carbocycles. The van der Waals surface area contributed by atoms with Gasteiger partial charge in [0.25, 0.3) is 5.75 Å². The molecule has 3 rings (SSSR count). The molecule has 32 heavy (non-hydrogen) atoms. The maximum absolute atomic E-state index is 12.5. The van der Waals surface area contributed by atoms with E-state index in [1.165, 1.54) is 20.3 Å². The summed E-state index contributed by atoms with van der Waals surface area (Å²) in [6.07, 6.45) is 1.47. The summed E-state index contributed by atoms with van der Waals surface area (Å²) >= 11 is 0. The second-order valence-electron chi connectivity index (χ2n) is 6.81. The molecule has 1 saturated heterocycles. The van der Waals surface area contributed by atoms with Gasteiger partial charge in [-0.3, -0.25) is 10.1 Å². The van der Waals surface area contributed by atoms with Crippen LogP contribution in [0.15, 0.2) is 30.3 Å². The Morgan fingerprint density at radius 3 is 2.59 bits per heavy atom. The maximum Gasteiger partial charge on any atom is 0.357 e. The van der Waals surface area contributed by atoms with E-state index in [0.29, 0.717) is 18.8 Å². The van der Waals surface area contributed by atoms with Crippen LogP contribution in [-0.2, 0) is 9.47 Å². The topological polar surface area (TPSA) is 116 Å². The largest absolute Gasteiger partial charge is 0.497 e. The zero-order valence-electron chi connectivity index (χ0n) is 18.1. The number of nitro groups is 1. The van der Waals surface area contributed by atoms with E-state index in [2.05, 4.69) is 0 Å². The molecule has 1 aliphatic heterocycles. The number of nitrogens with zero attached hydrogens (tertiary/aromatic N) is 1. The van der Waals surface area contributed by atoms with Crippen LogP contribution in [0.5, 0.6) is 28.7 Å². The third-order valence-corrected chi connectivity index (χ3v) is 4.71. The highest BCUT2D eigenvalue weighted by Crippen LogP contribution is 2.49. The molecule has 0 saturated carbocycles. The van der Waals surface area contributed by atoms with Gasteiger partial charge in [0.05, 0.1) is 32.4 Å². The molecule has 0 aromatic heterocycles. The Hall–Kier alpha value is -3.53. The Bertz CT molecular complexity index is 970. The number of rotatable bonds is 9. The van der Waals surface area contributed by atoms with Gasteiger partial charge in [-0.15, -0.1) is 0 Å². The van der Waals surface area contributed by atoms with Crippen molar-refractivity contribution in [1.29, 1.82) is 0 Å². The van der Waals surface area contributed by atoms with Crippen molar-refractivity contribution >= 4 is 11.7 Å². The number of nitro benzene ring substituents is 1. The van der Waals surface area contributed by atoms with E-state index in [4.69, 9.17) is 28.4 Å². The summed E-state index contributed by atoms with van der Waals surface area (Å²) in [4.78, 5) is 24.0. The number of hydrogen-bond donors (Lipinski definition) is 0. The molecule has 1 unspecified atom stereocenters. The maximum atomic E-state index is 12.5. The van der Waals surface area contributed by atoms with Crippen molar-refractivity contribution in [3.8, 4) is 28.7 Å². The minimum Gasteiger partial charge on any atom is -0.497 e. The van der Waals surface area contributed by atoms with Crippen LogP contribution in [0.4, 0.5) is 5.69 Å². The number of esters is 1. The molecule has 1 fully saturated rings. The summed E-state index contributed by atoms with van der Waals surface area (Å²) in [5.41, 5.74) is -0.719. The average molecular weight is 447 g/mol. The van der Waals surface area contributed by atoms with Gasteiger partial charge in [0.2, 0.25) is 5.75 Å². The second kappa shape index (κ2) is 10.7. The highest BCUT2D eigenvalue weighted by atomic mass is 16.7. The Labute approximate surface area is 185 Å². The molecule has 10 nitrogen and oxygen atoms in total. The SMILES string of the molecule is CCOc1cc(C(=O)OC)c(OC2CCCCO2)c([N+](=O)[O-])c1Oc1cccc(OC)c1. The van der Waals surface area contributed by atoms with Crippen molar-refractivity contribution in [2.75, 3.05) is 27.4 Å². The van der Waals surface area contributed by atoms with Crippen molar-refractivity contribution in [3.63, 3.8) is 0 Å². The van der Waals surface area contributed by atoms with Crippen LogP contribution in [0.2, 0.25) is 0 Å². The summed E-state index contributed by atoms with van der Waals surface area (Å²) in [6.45, 7) is 2.34. The van der Waals surface area contributed by atoms with Gasteiger partial charge >= 0.3 is 11.7 Å². The lowest BCUT2D eigenvalue weighted by molar-refractivity contribution is -0.387. The predicted octanol–water partition coefficient (Wildman–Crippen LogP) is 4.49. The third-order valence-electron chi connectivity index (χ3n) is 4.71. The lowest BCUT2D eigenvalue weighted by atomic mass is 10.1. The molecule has 0 spiro atoms. The molecule has 0 aliphatic carbocycles. The van der Waals surface area contributed by atoms with Crippen LogP contribution in [0.3, 0.4) is 0 Å². The summed E-state index contributed by atoms with van der Waals surface area (Å²) in [5.74, 6) is -0.536. The molecule has 1 aliphatic rings. The first-order chi connectivity index (χ1) is 15.5. The number of carbonyl (C=O) groups excluding carboxylic acids is 1. The molecule has 0 N–H and O–H groups in total. The fourth-order valence-electron chi connectivity index (χ4n) is 3.24. The number of carbonyl (C=O) groups is 1. The Kier molecular flexibility index (Phi) is 7.72. The summed E-state index contributed by atoms with van der Waals surface area (Å²) in [5, 5.41) is 12.2. The molecular weight excluding hydrogens is 422 g/mol.